The summed E-state index contributed by atoms with van der Waals surface area (Å²) in [6.45, 7) is 1.82. The molecule has 0 aliphatic heterocycles. The fourth-order valence-corrected chi connectivity index (χ4v) is 2.61. The van der Waals surface area contributed by atoms with E-state index in [0.717, 1.165) is 5.69 Å². The Bertz CT molecular complexity index is 923. The van der Waals surface area contributed by atoms with Crippen molar-refractivity contribution in [2.24, 2.45) is 4.99 Å². The maximum Gasteiger partial charge on any atom is 0.209 e. The van der Waals surface area contributed by atoms with Crippen LogP contribution in [0.1, 0.15) is 13.3 Å². The zero-order chi connectivity index (χ0) is 18.7. The van der Waals surface area contributed by atoms with Crippen molar-refractivity contribution in [2.45, 2.75) is 13.3 Å². The molecule has 0 fully saturated rings. The second kappa shape index (κ2) is 7.14. The molecule has 132 valence electrons. The van der Waals surface area contributed by atoms with Crippen LogP contribution in [-0.4, -0.2) is 16.6 Å². The number of ketones is 1. The lowest BCUT2D eigenvalue weighted by Gasteiger charge is -2.18. The number of anilines is 3. The van der Waals surface area contributed by atoms with Crippen LogP contribution in [0.3, 0.4) is 0 Å². The molecule has 0 atom stereocenters. The quantitative estimate of drug-likeness (QED) is 0.497. The van der Waals surface area contributed by atoms with Crippen LogP contribution in [0.5, 0.6) is 0 Å². The van der Waals surface area contributed by atoms with Gasteiger partial charge in [-0.1, -0.05) is 6.92 Å². The van der Waals surface area contributed by atoms with Crippen LogP contribution in [0, 0.1) is 0 Å². The standard InChI is InChI=1S/C20H20N4O2/c1-2-16-19(25)17(23-14-7-3-12(21)4-8-14)11-18(20(16)26)24-15-9-5-13(22)6-10-15/h3-11,23,26H,2,21-22H2,1H3/b24-18-. The van der Waals surface area contributed by atoms with Gasteiger partial charge >= 0.3 is 0 Å². The molecule has 0 unspecified atom stereocenters. The number of allylic oxidation sites excluding steroid dienone is 2. The van der Waals surface area contributed by atoms with E-state index in [1.165, 1.54) is 0 Å². The highest BCUT2D eigenvalue weighted by atomic mass is 16.3. The molecule has 0 amide bonds. The second-order valence-corrected chi connectivity index (χ2v) is 5.90. The molecule has 1 aliphatic rings. The minimum atomic E-state index is -0.252. The van der Waals surface area contributed by atoms with Gasteiger partial charge < -0.3 is 21.9 Å². The number of hydrogen-bond donors (Lipinski definition) is 4. The SMILES string of the molecule is CCC1=C(O)/C(=N\c2ccc(N)cc2)C=C(Nc2ccc(N)cc2)C1=O. The van der Waals surface area contributed by atoms with Crippen molar-refractivity contribution in [2.75, 3.05) is 16.8 Å². The number of Topliss-reactive ketones (excluding diaryl/α,β-unsaturated/α-hetero) is 1. The third-order valence-electron chi connectivity index (χ3n) is 4.01. The van der Waals surface area contributed by atoms with Crippen molar-refractivity contribution in [1.29, 1.82) is 0 Å². The number of aliphatic hydroxyl groups is 1. The highest BCUT2D eigenvalue weighted by Gasteiger charge is 2.26. The summed E-state index contributed by atoms with van der Waals surface area (Å²) in [5.41, 5.74) is 15.0. The van der Waals surface area contributed by atoms with Crippen LogP contribution in [0.15, 0.2) is 76.6 Å². The van der Waals surface area contributed by atoms with Gasteiger partial charge in [0, 0.05) is 22.6 Å². The van der Waals surface area contributed by atoms with E-state index in [2.05, 4.69) is 10.3 Å². The van der Waals surface area contributed by atoms with E-state index in [0.29, 0.717) is 40.5 Å². The predicted molar refractivity (Wildman–Crippen MR) is 105 cm³/mol. The fourth-order valence-electron chi connectivity index (χ4n) is 2.61. The van der Waals surface area contributed by atoms with Crippen molar-refractivity contribution < 1.29 is 9.90 Å². The zero-order valence-electron chi connectivity index (χ0n) is 14.4. The summed E-state index contributed by atoms with van der Waals surface area (Å²) in [6.07, 6.45) is 1.94. The lowest BCUT2D eigenvalue weighted by atomic mass is 9.96. The molecule has 3 rings (SSSR count). The van der Waals surface area contributed by atoms with Gasteiger partial charge in [-0.3, -0.25) is 4.79 Å². The van der Waals surface area contributed by atoms with Crippen LogP contribution < -0.4 is 16.8 Å². The summed E-state index contributed by atoms with van der Waals surface area (Å²) in [4.78, 5) is 17.1. The molecule has 0 radical (unpaired) electrons. The first-order valence-corrected chi connectivity index (χ1v) is 8.23. The smallest absolute Gasteiger partial charge is 0.209 e. The number of nitrogens with two attached hydrogens (primary N) is 2. The second-order valence-electron chi connectivity index (χ2n) is 5.90. The monoisotopic (exact) mass is 348 g/mol. The minimum absolute atomic E-state index is 0.0998. The van der Waals surface area contributed by atoms with Gasteiger partial charge in [0.15, 0.2) is 0 Å². The normalized spacial score (nSPS) is 16.0. The molecule has 0 spiro atoms. The van der Waals surface area contributed by atoms with E-state index >= 15 is 0 Å². The maximum absolute atomic E-state index is 12.6. The molecule has 6 N–H and O–H groups in total. The Balaban J connectivity index is 1.99. The Labute approximate surface area is 151 Å². The van der Waals surface area contributed by atoms with E-state index in [-0.39, 0.29) is 11.5 Å². The highest BCUT2D eigenvalue weighted by Crippen LogP contribution is 2.25. The average molecular weight is 348 g/mol. The van der Waals surface area contributed by atoms with Crippen molar-refractivity contribution in [3.63, 3.8) is 0 Å². The number of rotatable bonds is 4. The molecule has 2 aromatic rings. The summed E-state index contributed by atoms with van der Waals surface area (Å²) >= 11 is 0. The van der Waals surface area contributed by atoms with Gasteiger partial charge in [0.2, 0.25) is 5.78 Å². The van der Waals surface area contributed by atoms with Gasteiger partial charge in [-0.25, -0.2) is 4.99 Å². The molecule has 0 saturated carbocycles. The molecular formula is C20H20N4O2. The largest absolute Gasteiger partial charge is 0.505 e. The van der Waals surface area contributed by atoms with E-state index in [9.17, 15) is 9.90 Å². The number of carbonyl (C=O) groups excluding carboxylic acids is 1. The van der Waals surface area contributed by atoms with Gasteiger partial charge in [0.05, 0.1) is 11.4 Å². The van der Waals surface area contributed by atoms with E-state index in [1.807, 2.05) is 6.92 Å². The Kier molecular flexibility index (Phi) is 4.75. The third kappa shape index (κ3) is 3.59. The van der Waals surface area contributed by atoms with Crippen molar-refractivity contribution >= 4 is 34.2 Å². The molecule has 6 nitrogen and oxygen atoms in total. The molecule has 0 heterocycles. The molecular weight excluding hydrogens is 328 g/mol. The lowest BCUT2D eigenvalue weighted by Crippen LogP contribution is -2.23. The highest BCUT2D eigenvalue weighted by molar-refractivity contribution is 6.24. The van der Waals surface area contributed by atoms with Crippen molar-refractivity contribution in [1.82, 2.24) is 0 Å². The molecule has 0 bridgehead atoms. The van der Waals surface area contributed by atoms with Gasteiger partial charge in [0.25, 0.3) is 0 Å². The topological polar surface area (TPSA) is 114 Å². The maximum atomic E-state index is 12.6. The Morgan fingerprint density at radius 1 is 1.00 bits per heavy atom. The molecule has 26 heavy (non-hydrogen) atoms. The van der Waals surface area contributed by atoms with Crippen LogP contribution in [0.2, 0.25) is 0 Å². The molecule has 0 aromatic heterocycles. The van der Waals surface area contributed by atoms with E-state index in [1.54, 1.807) is 54.6 Å². The van der Waals surface area contributed by atoms with E-state index in [4.69, 9.17) is 11.5 Å². The van der Waals surface area contributed by atoms with E-state index < -0.39 is 0 Å². The first kappa shape index (κ1) is 17.3. The number of aliphatic hydroxyl groups excluding tert-OH is 1. The van der Waals surface area contributed by atoms with Crippen LogP contribution in [0.25, 0.3) is 0 Å². The summed E-state index contributed by atoms with van der Waals surface area (Å²) in [5, 5.41) is 13.5. The number of nitrogens with zero attached hydrogens (tertiary/aromatic N) is 1. The van der Waals surface area contributed by atoms with Gasteiger partial charge in [0.1, 0.15) is 11.5 Å². The van der Waals surface area contributed by atoms with Gasteiger partial charge in [-0.2, -0.15) is 0 Å². The molecule has 0 saturated heterocycles. The summed E-state index contributed by atoms with van der Waals surface area (Å²) in [5.74, 6) is -0.352. The van der Waals surface area contributed by atoms with Crippen molar-refractivity contribution in [3.8, 4) is 0 Å². The first-order valence-electron chi connectivity index (χ1n) is 8.23. The molecule has 2 aromatic carbocycles. The third-order valence-corrected chi connectivity index (χ3v) is 4.01. The van der Waals surface area contributed by atoms with Crippen LogP contribution in [-0.2, 0) is 4.79 Å². The number of hydrogen-bond acceptors (Lipinski definition) is 6. The number of nitrogens with one attached hydrogen (secondary N) is 1. The van der Waals surface area contributed by atoms with Crippen LogP contribution in [0.4, 0.5) is 22.7 Å². The summed E-state index contributed by atoms with van der Waals surface area (Å²) in [6, 6.07) is 14.0. The molecule has 1 aliphatic carbocycles. The predicted octanol–water partition coefficient (Wildman–Crippen LogP) is 3.72. The number of benzene rings is 2. The Morgan fingerprint density at radius 3 is 2.15 bits per heavy atom. The first-order chi connectivity index (χ1) is 12.5. The van der Waals surface area contributed by atoms with Gasteiger partial charge in [-0.05, 0) is 61.0 Å². The Morgan fingerprint density at radius 2 is 1.58 bits per heavy atom. The minimum Gasteiger partial charge on any atom is -0.505 e. The zero-order valence-corrected chi connectivity index (χ0v) is 14.4. The summed E-state index contributed by atoms with van der Waals surface area (Å²) < 4.78 is 0. The number of nitrogen functional groups attached to an aromatic ring is 2. The lowest BCUT2D eigenvalue weighted by molar-refractivity contribution is -0.112. The van der Waals surface area contributed by atoms with Crippen molar-refractivity contribution in [3.05, 3.63) is 71.6 Å². The molecule has 6 heteroatoms. The van der Waals surface area contributed by atoms with Crippen LogP contribution >= 0.6 is 0 Å². The number of carbonyl (C=O) groups is 1. The van der Waals surface area contributed by atoms with Gasteiger partial charge in [-0.15, -0.1) is 0 Å². The summed E-state index contributed by atoms with van der Waals surface area (Å²) in [7, 11) is 0. The number of aliphatic imine (C=N–C) groups is 1. The Hall–Kier alpha value is -3.54. The average Bonchev–Trinajstić information content (AvgIpc) is 2.63. The fraction of sp³-hybridized carbons (Fsp3) is 0.100.